The lowest BCUT2D eigenvalue weighted by Crippen LogP contribution is -2.51. The van der Waals surface area contributed by atoms with Crippen LogP contribution in [0, 0.1) is 17.2 Å². The van der Waals surface area contributed by atoms with E-state index in [0.29, 0.717) is 12.5 Å². The minimum atomic E-state index is -0.698. The zero-order valence-electron chi connectivity index (χ0n) is 12.7. The summed E-state index contributed by atoms with van der Waals surface area (Å²) in [7, 11) is 0. The van der Waals surface area contributed by atoms with Gasteiger partial charge in [0, 0.05) is 31.0 Å². The quantitative estimate of drug-likeness (QED) is 0.916. The van der Waals surface area contributed by atoms with E-state index in [1.807, 2.05) is 6.92 Å². The van der Waals surface area contributed by atoms with E-state index in [-0.39, 0.29) is 11.9 Å². The van der Waals surface area contributed by atoms with Crippen molar-refractivity contribution in [2.75, 3.05) is 13.1 Å². The Kier molecular flexibility index (Phi) is 3.50. The van der Waals surface area contributed by atoms with Gasteiger partial charge < -0.3 is 9.88 Å². The highest BCUT2D eigenvalue weighted by Crippen LogP contribution is 2.39. The minimum Gasteiger partial charge on any atom is -0.349 e. The number of rotatable bonds is 4. The first kappa shape index (κ1) is 14.2. The van der Waals surface area contributed by atoms with E-state index < -0.39 is 5.54 Å². The first-order chi connectivity index (χ1) is 10.0. The largest absolute Gasteiger partial charge is 0.349 e. The van der Waals surface area contributed by atoms with E-state index in [1.165, 1.54) is 5.69 Å². The molecule has 1 amide bonds. The van der Waals surface area contributed by atoms with Gasteiger partial charge in [-0.1, -0.05) is 0 Å². The van der Waals surface area contributed by atoms with Crippen LogP contribution in [-0.4, -0.2) is 34.0 Å². The van der Waals surface area contributed by atoms with Crippen LogP contribution in [0.25, 0.3) is 0 Å². The summed E-state index contributed by atoms with van der Waals surface area (Å²) < 4.78 is 2.24. The van der Waals surface area contributed by atoms with Crippen molar-refractivity contribution in [1.29, 1.82) is 5.26 Å². The molecule has 21 heavy (non-hydrogen) atoms. The third-order valence-corrected chi connectivity index (χ3v) is 4.84. The number of aromatic nitrogens is 1. The monoisotopic (exact) mass is 286 g/mol. The van der Waals surface area contributed by atoms with Crippen molar-refractivity contribution in [3.8, 4) is 6.07 Å². The summed E-state index contributed by atoms with van der Waals surface area (Å²) in [5.41, 5.74) is 0.551. The maximum absolute atomic E-state index is 12.3. The summed E-state index contributed by atoms with van der Waals surface area (Å²) in [4.78, 5) is 14.5. The van der Waals surface area contributed by atoms with Gasteiger partial charge in [-0.2, -0.15) is 5.26 Å². The van der Waals surface area contributed by atoms with Crippen LogP contribution in [0.2, 0.25) is 0 Å². The second-order valence-electron chi connectivity index (χ2n) is 6.41. The Morgan fingerprint density at radius 2 is 2.29 bits per heavy atom. The molecule has 0 unspecified atom stereocenters. The van der Waals surface area contributed by atoms with E-state index in [4.69, 9.17) is 0 Å². The number of nitriles is 1. The molecule has 1 saturated carbocycles. The molecular formula is C16H22N4O. The maximum atomic E-state index is 12.3. The Hall–Kier alpha value is -1.80. The van der Waals surface area contributed by atoms with Gasteiger partial charge in [-0.25, -0.2) is 0 Å². The van der Waals surface area contributed by atoms with Crippen molar-refractivity contribution < 1.29 is 4.79 Å². The van der Waals surface area contributed by atoms with Crippen LogP contribution in [0.4, 0.5) is 0 Å². The molecule has 0 aromatic carbocycles. The zero-order valence-corrected chi connectivity index (χ0v) is 12.7. The van der Waals surface area contributed by atoms with Crippen molar-refractivity contribution in [3.05, 3.63) is 24.0 Å². The highest BCUT2D eigenvalue weighted by atomic mass is 16.2. The molecule has 1 fully saturated rings. The molecule has 0 saturated heterocycles. The van der Waals surface area contributed by atoms with Crippen LogP contribution in [0.5, 0.6) is 0 Å². The molecule has 0 spiro atoms. The number of amides is 1. The lowest BCUT2D eigenvalue weighted by atomic mass is 9.98. The fourth-order valence-electron chi connectivity index (χ4n) is 3.24. The summed E-state index contributed by atoms with van der Waals surface area (Å²) in [5.74, 6) is 0.278. The van der Waals surface area contributed by atoms with Gasteiger partial charge >= 0.3 is 0 Å². The number of hydrogen-bond acceptors (Lipinski definition) is 3. The number of fused-ring (bicyclic) bond motifs is 1. The Bertz CT molecular complexity index is 583. The van der Waals surface area contributed by atoms with Crippen LogP contribution in [-0.2, 0) is 11.3 Å². The first-order valence-corrected chi connectivity index (χ1v) is 7.65. The normalized spacial score (nSPS) is 24.7. The summed E-state index contributed by atoms with van der Waals surface area (Å²) in [6.07, 6.45) is 4.17. The average Bonchev–Trinajstić information content (AvgIpc) is 3.21. The van der Waals surface area contributed by atoms with Gasteiger partial charge in [0.15, 0.2) is 0 Å². The molecule has 112 valence electrons. The molecule has 1 aromatic heterocycles. The third kappa shape index (κ3) is 2.68. The van der Waals surface area contributed by atoms with E-state index in [0.717, 1.165) is 25.9 Å². The molecule has 1 aliphatic heterocycles. The SMILES string of the molecule is C[C@@H]1c2cccn2CCN1CC(=O)N[C@](C)(C#N)C1CC1. The predicted octanol–water partition coefficient (Wildman–Crippen LogP) is 1.67. The van der Waals surface area contributed by atoms with Crippen molar-refractivity contribution in [1.82, 2.24) is 14.8 Å². The number of hydrogen-bond donors (Lipinski definition) is 1. The van der Waals surface area contributed by atoms with Crippen molar-refractivity contribution in [2.45, 2.75) is 44.8 Å². The lowest BCUT2D eigenvalue weighted by molar-refractivity contribution is -0.124. The molecule has 1 aromatic rings. The molecule has 1 N–H and O–H groups in total. The average molecular weight is 286 g/mol. The summed E-state index contributed by atoms with van der Waals surface area (Å²) in [5, 5.41) is 12.3. The van der Waals surface area contributed by atoms with Crippen molar-refractivity contribution >= 4 is 5.91 Å². The standard InChI is InChI=1S/C16H22N4O/c1-12-14-4-3-7-19(14)8-9-20(12)10-15(21)18-16(2,11-17)13-5-6-13/h3-4,7,12-13H,5-6,8-10H2,1-2H3,(H,18,21)/t12-,16-/m1/s1. The topological polar surface area (TPSA) is 61.1 Å². The van der Waals surface area contributed by atoms with Gasteiger partial charge in [0.25, 0.3) is 0 Å². The van der Waals surface area contributed by atoms with Crippen LogP contribution in [0.3, 0.4) is 0 Å². The Morgan fingerprint density at radius 3 is 2.95 bits per heavy atom. The molecule has 5 heteroatoms. The maximum Gasteiger partial charge on any atom is 0.235 e. The van der Waals surface area contributed by atoms with Gasteiger partial charge in [-0.05, 0) is 44.7 Å². The van der Waals surface area contributed by atoms with E-state index in [2.05, 4.69) is 46.1 Å². The number of nitrogens with zero attached hydrogens (tertiary/aromatic N) is 3. The number of nitrogens with one attached hydrogen (secondary N) is 1. The molecule has 2 heterocycles. The second kappa shape index (κ2) is 5.19. The number of carbonyl (C=O) groups is 1. The van der Waals surface area contributed by atoms with E-state index in [1.54, 1.807) is 0 Å². The summed E-state index contributed by atoms with van der Waals surface area (Å²) >= 11 is 0. The molecule has 3 rings (SSSR count). The zero-order chi connectivity index (χ0) is 15.0. The highest BCUT2D eigenvalue weighted by molar-refractivity contribution is 5.79. The van der Waals surface area contributed by atoms with Gasteiger partial charge in [-0.3, -0.25) is 9.69 Å². The fraction of sp³-hybridized carbons (Fsp3) is 0.625. The summed E-state index contributed by atoms with van der Waals surface area (Å²) in [6, 6.07) is 6.67. The number of carbonyl (C=O) groups excluding carboxylic acids is 1. The summed E-state index contributed by atoms with van der Waals surface area (Å²) in [6.45, 7) is 6.10. The molecule has 5 nitrogen and oxygen atoms in total. The Labute approximate surface area is 125 Å². The van der Waals surface area contributed by atoms with Crippen LogP contribution in [0.1, 0.15) is 38.4 Å². The van der Waals surface area contributed by atoms with Crippen molar-refractivity contribution in [2.24, 2.45) is 5.92 Å². The van der Waals surface area contributed by atoms with Gasteiger partial charge in [-0.15, -0.1) is 0 Å². The van der Waals surface area contributed by atoms with E-state index in [9.17, 15) is 10.1 Å². The molecule has 1 aliphatic carbocycles. The van der Waals surface area contributed by atoms with Gasteiger partial charge in [0.05, 0.1) is 12.6 Å². The Morgan fingerprint density at radius 1 is 1.52 bits per heavy atom. The van der Waals surface area contributed by atoms with Crippen molar-refractivity contribution in [3.63, 3.8) is 0 Å². The minimum absolute atomic E-state index is 0.0437. The lowest BCUT2D eigenvalue weighted by Gasteiger charge is -2.35. The molecular weight excluding hydrogens is 264 g/mol. The van der Waals surface area contributed by atoms with E-state index >= 15 is 0 Å². The molecule has 2 aliphatic rings. The first-order valence-electron chi connectivity index (χ1n) is 7.65. The predicted molar refractivity (Wildman–Crippen MR) is 79.3 cm³/mol. The highest BCUT2D eigenvalue weighted by Gasteiger charge is 2.43. The molecule has 2 atom stereocenters. The van der Waals surface area contributed by atoms with Gasteiger partial charge in [0.2, 0.25) is 5.91 Å². The van der Waals surface area contributed by atoms with Crippen LogP contribution in [0.15, 0.2) is 18.3 Å². The molecule has 0 bridgehead atoms. The van der Waals surface area contributed by atoms with Gasteiger partial charge in [0.1, 0.15) is 5.54 Å². The molecule has 0 radical (unpaired) electrons. The fourth-order valence-corrected chi connectivity index (χ4v) is 3.24. The van der Waals surface area contributed by atoms with Crippen LogP contribution >= 0.6 is 0 Å². The third-order valence-electron chi connectivity index (χ3n) is 4.84. The van der Waals surface area contributed by atoms with Crippen LogP contribution < -0.4 is 5.32 Å². The Balaban J connectivity index is 1.62. The second-order valence-corrected chi connectivity index (χ2v) is 6.41. The smallest absolute Gasteiger partial charge is 0.235 e.